The van der Waals surface area contributed by atoms with E-state index in [9.17, 15) is 4.79 Å². The van der Waals surface area contributed by atoms with Crippen molar-refractivity contribution < 1.29 is 14.3 Å². The van der Waals surface area contributed by atoms with Gasteiger partial charge < -0.3 is 9.47 Å². The Hall–Kier alpha value is -2.34. The van der Waals surface area contributed by atoms with Gasteiger partial charge in [-0.15, -0.1) is 0 Å². The third-order valence-corrected chi connectivity index (χ3v) is 2.55. The monoisotopic (exact) mass is 321 g/mol. The summed E-state index contributed by atoms with van der Waals surface area (Å²) in [6.07, 6.45) is 0.728. The molecular formula is C15H16ClN3O3. The first-order chi connectivity index (χ1) is 10.3. The molecule has 1 N–H and O–H groups in total. The summed E-state index contributed by atoms with van der Waals surface area (Å²) in [5, 5.41) is 2.91. The van der Waals surface area contributed by atoms with E-state index in [1.807, 2.05) is 0 Å². The molecule has 1 aromatic carbocycles. The van der Waals surface area contributed by atoms with Crippen molar-refractivity contribution in [2.24, 2.45) is 0 Å². The van der Waals surface area contributed by atoms with Crippen LogP contribution in [0.25, 0.3) is 0 Å². The van der Waals surface area contributed by atoms with Crippen molar-refractivity contribution in [2.75, 3.05) is 5.32 Å². The van der Waals surface area contributed by atoms with Crippen LogP contribution < -0.4 is 10.1 Å². The van der Waals surface area contributed by atoms with Crippen LogP contribution in [0, 0.1) is 0 Å². The van der Waals surface area contributed by atoms with Crippen LogP contribution in [0.15, 0.2) is 36.7 Å². The number of hydrogen-bond acceptors (Lipinski definition) is 5. The van der Waals surface area contributed by atoms with Gasteiger partial charge in [0.2, 0.25) is 5.88 Å². The number of nitrogens with zero attached hydrogens (tertiary/aromatic N) is 2. The minimum Gasteiger partial charge on any atom is -0.444 e. The van der Waals surface area contributed by atoms with Gasteiger partial charge in [0.25, 0.3) is 0 Å². The molecule has 0 saturated carbocycles. The van der Waals surface area contributed by atoms with Crippen LogP contribution in [0.3, 0.4) is 0 Å². The molecule has 0 saturated heterocycles. The van der Waals surface area contributed by atoms with E-state index in [4.69, 9.17) is 21.1 Å². The van der Waals surface area contributed by atoms with Crippen LogP contribution in [0.2, 0.25) is 5.15 Å². The number of carbonyl (C=O) groups excluding carboxylic acids is 1. The molecule has 0 unspecified atom stereocenters. The summed E-state index contributed by atoms with van der Waals surface area (Å²) in [6, 6.07) is 8.42. The second-order valence-electron chi connectivity index (χ2n) is 5.40. The lowest BCUT2D eigenvalue weighted by Gasteiger charge is -2.20. The maximum atomic E-state index is 11.9. The molecule has 6 nitrogen and oxygen atoms in total. The van der Waals surface area contributed by atoms with Crippen molar-refractivity contribution in [1.82, 2.24) is 9.97 Å². The van der Waals surface area contributed by atoms with Crippen LogP contribution in [-0.4, -0.2) is 21.7 Å². The van der Waals surface area contributed by atoms with Crippen LogP contribution in [0.4, 0.5) is 10.5 Å². The van der Waals surface area contributed by atoms with Crippen molar-refractivity contribution in [2.45, 2.75) is 26.4 Å². The first-order valence-electron chi connectivity index (χ1n) is 6.58. The Bertz CT molecular complexity index is 671. The van der Waals surface area contributed by atoms with E-state index in [0.717, 1.165) is 0 Å². The van der Waals surface area contributed by atoms with Crippen molar-refractivity contribution in [1.29, 1.82) is 0 Å². The molecule has 116 valence electrons. The molecule has 0 aliphatic heterocycles. The van der Waals surface area contributed by atoms with Crippen LogP contribution >= 0.6 is 11.6 Å². The van der Waals surface area contributed by atoms with E-state index in [1.54, 1.807) is 45.0 Å². The van der Waals surface area contributed by atoms with E-state index < -0.39 is 11.7 Å². The van der Waals surface area contributed by atoms with Crippen LogP contribution in [-0.2, 0) is 4.74 Å². The van der Waals surface area contributed by atoms with E-state index in [2.05, 4.69) is 15.3 Å². The fourth-order valence-corrected chi connectivity index (χ4v) is 1.70. The molecule has 0 spiro atoms. The quantitative estimate of drug-likeness (QED) is 0.855. The first kappa shape index (κ1) is 16.0. The smallest absolute Gasteiger partial charge is 0.412 e. The second-order valence-corrected chi connectivity index (χ2v) is 5.79. The van der Waals surface area contributed by atoms with Gasteiger partial charge in [0.05, 0.1) is 5.69 Å². The normalized spacial score (nSPS) is 10.9. The molecule has 7 heteroatoms. The highest BCUT2D eigenvalue weighted by Gasteiger charge is 2.17. The van der Waals surface area contributed by atoms with Gasteiger partial charge in [-0.2, -0.15) is 0 Å². The fourth-order valence-electron chi connectivity index (χ4n) is 1.56. The van der Waals surface area contributed by atoms with Gasteiger partial charge in [0.1, 0.15) is 17.1 Å². The van der Waals surface area contributed by atoms with E-state index in [1.165, 1.54) is 12.4 Å². The van der Waals surface area contributed by atoms with E-state index in [-0.39, 0.29) is 11.0 Å². The standard InChI is InChI=1S/C15H16ClN3O3/c1-15(2,3)22-14(20)19-10-6-4-5-7-11(10)21-13-8-12(16)17-9-18-13/h4-9H,1-3H3,(H,19,20). The fraction of sp³-hybridized carbons (Fsp3) is 0.267. The number of amides is 1. The number of aromatic nitrogens is 2. The number of benzene rings is 1. The highest BCUT2D eigenvalue weighted by Crippen LogP contribution is 2.29. The van der Waals surface area contributed by atoms with Crippen LogP contribution in [0.1, 0.15) is 20.8 Å². The van der Waals surface area contributed by atoms with E-state index >= 15 is 0 Å². The molecule has 0 bridgehead atoms. The van der Waals surface area contributed by atoms with Crippen molar-refractivity contribution >= 4 is 23.4 Å². The summed E-state index contributed by atoms with van der Waals surface area (Å²) >= 11 is 5.79. The number of halogens is 1. The number of carbonyl (C=O) groups is 1. The highest BCUT2D eigenvalue weighted by atomic mass is 35.5. The zero-order valence-corrected chi connectivity index (χ0v) is 13.2. The van der Waals surface area contributed by atoms with Gasteiger partial charge in [-0.1, -0.05) is 23.7 Å². The average Bonchev–Trinajstić information content (AvgIpc) is 2.39. The predicted octanol–water partition coefficient (Wildman–Crippen LogP) is 4.27. The summed E-state index contributed by atoms with van der Waals surface area (Å²) in [7, 11) is 0. The molecule has 0 fully saturated rings. The van der Waals surface area contributed by atoms with Gasteiger partial charge in [0.15, 0.2) is 5.75 Å². The van der Waals surface area contributed by atoms with E-state index in [0.29, 0.717) is 11.4 Å². The second kappa shape index (κ2) is 6.62. The summed E-state index contributed by atoms with van der Waals surface area (Å²) in [5.74, 6) is 0.696. The average molecular weight is 322 g/mol. The zero-order chi connectivity index (χ0) is 16.2. The molecule has 1 aromatic heterocycles. The molecule has 2 rings (SSSR count). The Balaban J connectivity index is 2.15. The van der Waals surface area contributed by atoms with Gasteiger partial charge >= 0.3 is 6.09 Å². The maximum Gasteiger partial charge on any atom is 0.412 e. The summed E-state index contributed by atoms with van der Waals surface area (Å²) < 4.78 is 10.8. The minimum absolute atomic E-state index is 0.266. The lowest BCUT2D eigenvalue weighted by atomic mass is 10.2. The lowest BCUT2D eigenvalue weighted by Crippen LogP contribution is -2.27. The molecule has 0 atom stereocenters. The molecule has 0 radical (unpaired) electrons. The Morgan fingerprint density at radius 2 is 1.95 bits per heavy atom. The highest BCUT2D eigenvalue weighted by molar-refractivity contribution is 6.29. The van der Waals surface area contributed by atoms with Gasteiger partial charge in [-0.3, -0.25) is 5.32 Å². The lowest BCUT2D eigenvalue weighted by molar-refractivity contribution is 0.0635. The van der Waals surface area contributed by atoms with Crippen molar-refractivity contribution in [3.63, 3.8) is 0 Å². The first-order valence-corrected chi connectivity index (χ1v) is 6.96. The molecule has 1 heterocycles. The topological polar surface area (TPSA) is 73.3 Å². The third kappa shape index (κ3) is 4.89. The number of ether oxygens (including phenoxy) is 2. The third-order valence-electron chi connectivity index (χ3n) is 2.35. The summed E-state index contributed by atoms with van der Waals surface area (Å²) in [4.78, 5) is 19.6. The number of para-hydroxylation sites is 2. The Morgan fingerprint density at radius 3 is 2.64 bits per heavy atom. The molecule has 2 aromatic rings. The Kier molecular flexibility index (Phi) is 4.82. The zero-order valence-electron chi connectivity index (χ0n) is 12.5. The SMILES string of the molecule is CC(C)(C)OC(=O)Nc1ccccc1Oc1cc(Cl)ncn1. The summed E-state index contributed by atoms with van der Waals surface area (Å²) in [5.41, 5.74) is -0.119. The molecular weight excluding hydrogens is 306 g/mol. The number of rotatable bonds is 3. The Labute approximate surface area is 133 Å². The molecule has 1 amide bonds. The number of nitrogens with one attached hydrogen (secondary N) is 1. The molecule has 0 aliphatic rings. The number of hydrogen-bond donors (Lipinski definition) is 1. The van der Waals surface area contributed by atoms with Gasteiger partial charge in [-0.05, 0) is 32.9 Å². The molecule has 22 heavy (non-hydrogen) atoms. The van der Waals surface area contributed by atoms with Crippen molar-refractivity contribution in [3.8, 4) is 11.6 Å². The van der Waals surface area contributed by atoms with Gasteiger partial charge in [-0.25, -0.2) is 14.8 Å². The number of anilines is 1. The predicted molar refractivity (Wildman–Crippen MR) is 83.4 cm³/mol. The summed E-state index contributed by atoms with van der Waals surface area (Å²) in [6.45, 7) is 5.37. The van der Waals surface area contributed by atoms with Crippen LogP contribution in [0.5, 0.6) is 11.6 Å². The Morgan fingerprint density at radius 1 is 1.23 bits per heavy atom. The minimum atomic E-state index is -0.583. The molecule has 0 aliphatic carbocycles. The largest absolute Gasteiger partial charge is 0.444 e. The van der Waals surface area contributed by atoms with Crippen molar-refractivity contribution in [3.05, 3.63) is 41.8 Å². The maximum absolute atomic E-state index is 11.9. The van der Waals surface area contributed by atoms with Gasteiger partial charge in [0, 0.05) is 6.07 Å².